The normalized spacial score (nSPS) is 18.6. The molecule has 2 unspecified atom stereocenters. The lowest BCUT2D eigenvalue weighted by atomic mass is 10.1. The molecule has 1 aliphatic heterocycles. The molecule has 0 spiro atoms. The predicted molar refractivity (Wildman–Crippen MR) is 115 cm³/mol. The molecule has 2 atom stereocenters. The summed E-state index contributed by atoms with van der Waals surface area (Å²) in [6.07, 6.45) is -0.0935. The minimum atomic E-state index is -0.904. The van der Waals surface area contributed by atoms with Gasteiger partial charge in [0, 0.05) is 26.2 Å². The molecule has 164 valence electrons. The Morgan fingerprint density at radius 1 is 1.28 bits per heavy atom. The van der Waals surface area contributed by atoms with Crippen LogP contribution in [0.15, 0.2) is 29.3 Å². The van der Waals surface area contributed by atoms with E-state index in [1.165, 1.54) is 0 Å². The van der Waals surface area contributed by atoms with Gasteiger partial charge in [-0.05, 0) is 32.9 Å². The number of hydrogen-bond acceptors (Lipinski definition) is 6. The first-order chi connectivity index (χ1) is 13.9. The van der Waals surface area contributed by atoms with E-state index in [0.717, 1.165) is 19.6 Å². The van der Waals surface area contributed by atoms with Crippen LogP contribution in [0.3, 0.4) is 0 Å². The fourth-order valence-corrected chi connectivity index (χ4v) is 3.10. The topological polar surface area (TPSA) is 87.6 Å². The number of benzene rings is 1. The Hall–Kier alpha value is -2.03. The lowest BCUT2D eigenvalue weighted by Crippen LogP contribution is -2.48. The number of ether oxygens (including phenoxy) is 3. The highest BCUT2D eigenvalue weighted by atomic mass is 16.5. The van der Waals surface area contributed by atoms with E-state index in [0.29, 0.717) is 50.3 Å². The average molecular weight is 409 g/mol. The molecule has 29 heavy (non-hydrogen) atoms. The Morgan fingerprint density at radius 3 is 2.62 bits per heavy atom. The van der Waals surface area contributed by atoms with E-state index in [1.54, 1.807) is 7.11 Å². The first-order valence-corrected chi connectivity index (χ1v) is 10.3. The van der Waals surface area contributed by atoms with Crippen molar-refractivity contribution in [3.05, 3.63) is 24.3 Å². The van der Waals surface area contributed by atoms with Gasteiger partial charge in [0.05, 0.1) is 39.0 Å². The van der Waals surface area contributed by atoms with Gasteiger partial charge in [0.2, 0.25) is 0 Å². The molecule has 1 aromatic carbocycles. The molecular formula is C21H36N4O4. The molecule has 8 heteroatoms. The zero-order valence-electron chi connectivity index (χ0n) is 18.1. The lowest BCUT2D eigenvalue weighted by molar-refractivity contribution is -0.0180. The number of guanidine groups is 1. The van der Waals surface area contributed by atoms with Crippen molar-refractivity contribution in [2.24, 2.45) is 4.99 Å². The maximum absolute atomic E-state index is 10.7. The number of aliphatic imine (C=N–C) groups is 1. The molecule has 1 saturated heterocycles. The summed E-state index contributed by atoms with van der Waals surface area (Å²) in [5.41, 5.74) is -0.904. The minimum absolute atomic E-state index is 0.0935. The third kappa shape index (κ3) is 8.47. The van der Waals surface area contributed by atoms with Gasteiger partial charge in [-0.3, -0.25) is 9.89 Å². The number of para-hydroxylation sites is 2. The largest absolute Gasteiger partial charge is 0.493 e. The molecule has 0 radical (unpaired) electrons. The quantitative estimate of drug-likeness (QED) is 0.395. The predicted octanol–water partition coefficient (Wildman–Crippen LogP) is 1.10. The van der Waals surface area contributed by atoms with E-state index in [9.17, 15) is 5.11 Å². The summed E-state index contributed by atoms with van der Waals surface area (Å²) in [5.74, 6) is 2.07. The summed E-state index contributed by atoms with van der Waals surface area (Å²) >= 11 is 0. The SMILES string of the molecule is CCNC(=NCC(C)(O)CN1CCOCC1)NCC(C)Oc1ccccc1OC. The summed E-state index contributed by atoms with van der Waals surface area (Å²) in [7, 11) is 1.63. The van der Waals surface area contributed by atoms with Crippen molar-refractivity contribution in [3.8, 4) is 11.5 Å². The molecule has 1 aliphatic rings. The maximum Gasteiger partial charge on any atom is 0.191 e. The maximum atomic E-state index is 10.7. The van der Waals surface area contributed by atoms with E-state index in [1.807, 2.05) is 45.0 Å². The van der Waals surface area contributed by atoms with Crippen LogP contribution in [-0.2, 0) is 4.74 Å². The summed E-state index contributed by atoms with van der Waals surface area (Å²) in [4.78, 5) is 6.78. The first-order valence-electron chi connectivity index (χ1n) is 10.3. The number of methoxy groups -OCH3 is 1. The Morgan fingerprint density at radius 2 is 1.97 bits per heavy atom. The van der Waals surface area contributed by atoms with Gasteiger partial charge in [-0.1, -0.05) is 12.1 Å². The molecule has 8 nitrogen and oxygen atoms in total. The third-order valence-corrected chi connectivity index (χ3v) is 4.54. The third-order valence-electron chi connectivity index (χ3n) is 4.54. The zero-order chi connectivity index (χ0) is 21.1. The van der Waals surface area contributed by atoms with E-state index >= 15 is 0 Å². The number of nitrogens with one attached hydrogen (secondary N) is 2. The summed E-state index contributed by atoms with van der Waals surface area (Å²) in [5, 5.41) is 17.2. The fourth-order valence-electron chi connectivity index (χ4n) is 3.10. The molecule has 0 saturated carbocycles. The van der Waals surface area contributed by atoms with Crippen LogP contribution in [-0.4, -0.2) is 87.3 Å². The van der Waals surface area contributed by atoms with Crippen LogP contribution in [0.25, 0.3) is 0 Å². The smallest absolute Gasteiger partial charge is 0.191 e. The number of hydrogen-bond donors (Lipinski definition) is 3. The van der Waals surface area contributed by atoms with Crippen molar-refractivity contribution in [3.63, 3.8) is 0 Å². The zero-order valence-corrected chi connectivity index (χ0v) is 18.1. The summed E-state index contributed by atoms with van der Waals surface area (Å²) < 4.78 is 16.7. The average Bonchev–Trinajstić information content (AvgIpc) is 2.71. The van der Waals surface area contributed by atoms with Crippen molar-refractivity contribution < 1.29 is 19.3 Å². The van der Waals surface area contributed by atoms with Crippen LogP contribution in [0.5, 0.6) is 11.5 Å². The van der Waals surface area contributed by atoms with E-state index in [2.05, 4.69) is 20.5 Å². The van der Waals surface area contributed by atoms with Crippen LogP contribution in [0.2, 0.25) is 0 Å². The number of morpholine rings is 1. The van der Waals surface area contributed by atoms with E-state index < -0.39 is 5.60 Å². The van der Waals surface area contributed by atoms with Crippen molar-refractivity contribution in [2.75, 3.05) is 59.6 Å². The van der Waals surface area contributed by atoms with Crippen molar-refractivity contribution >= 4 is 5.96 Å². The standard InChI is InChI=1S/C21H36N4O4/c1-5-22-20(24-15-21(3,26)16-25-10-12-28-13-11-25)23-14-17(2)29-19-9-7-6-8-18(19)27-4/h6-9,17,26H,5,10-16H2,1-4H3,(H2,22,23,24). The molecule has 1 aromatic rings. The van der Waals surface area contributed by atoms with Gasteiger partial charge in [0.1, 0.15) is 6.10 Å². The van der Waals surface area contributed by atoms with Crippen LogP contribution in [0, 0.1) is 0 Å². The highest BCUT2D eigenvalue weighted by Gasteiger charge is 2.25. The Labute approximate surface area is 174 Å². The summed E-state index contributed by atoms with van der Waals surface area (Å²) in [6.45, 7) is 11.1. The van der Waals surface area contributed by atoms with Gasteiger partial charge in [-0.25, -0.2) is 0 Å². The molecule has 0 bridgehead atoms. The fraction of sp³-hybridized carbons (Fsp3) is 0.667. The number of rotatable bonds is 10. The van der Waals surface area contributed by atoms with Gasteiger partial charge in [-0.2, -0.15) is 0 Å². The van der Waals surface area contributed by atoms with Crippen LogP contribution in [0.4, 0.5) is 0 Å². The van der Waals surface area contributed by atoms with Crippen LogP contribution in [0.1, 0.15) is 20.8 Å². The molecule has 0 aliphatic carbocycles. The van der Waals surface area contributed by atoms with E-state index in [4.69, 9.17) is 14.2 Å². The Bertz CT molecular complexity index is 633. The second-order valence-corrected chi connectivity index (χ2v) is 7.54. The van der Waals surface area contributed by atoms with Gasteiger partial charge in [0.15, 0.2) is 17.5 Å². The van der Waals surface area contributed by atoms with Gasteiger partial charge >= 0.3 is 0 Å². The molecule has 2 rings (SSSR count). The monoisotopic (exact) mass is 408 g/mol. The lowest BCUT2D eigenvalue weighted by Gasteiger charge is -2.33. The molecule has 0 aromatic heterocycles. The number of nitrogens with zero attached hydrogens (tertiary/aromatic N) is 2. The van der Waals surface area contributed by atoms with E-state index in [-0.39, 0.29) is 6.10 Å². The van der Waals surface area contributed by atoms with Crippen LogP contribution < -0.4 is 20.1 Å². The number of aliphatic hydroxyl groups is 1. The minimum Gasteiger partial charge on any atom is -0.493 e. The molecule has 1 fully saturated rings. The first kappa shape index (κ1) is 23.3. The Balaban J connectivity index is 1.85. The highest BCUT2D eigenvalue weighted by molar-refractivity contribution is 5.79. The Kier molecular flexibility index (Phi) is 9.50. The summed E-state index contributed by atoms with van der Waals surface area (Å²) in [6, 6.07) is 7.59. The van der Waals surface area contributed by atoms with Crippen molar-refractivity contribution in [1.29, 1.82) is 0 Å². The highest BCUT2D eigenvalue weighted by Crippen LogP contribution is 2.26. The second-order valence-electron chi connectivity index (χ2n) is 7.54. The van der Waals surface area contributed by atoms with Gasteiger partial charge < -0.3 is 30.0 Å². The molecule has 1 heterocycles. The molecular weight excluding hydrogens is 372 g/mol. The van der Waals surface area contributed by atoms with Gasteiger partial charge in [0.25, 0.3) is 0 Å². The number of β-amino-alcohol motifs (C(OH)–C–C–N with tert-alkyl or cyclic N) is 1. The molecule has 3 N–H and O–H groups in total. The van der Waals surface area contributed by atoms with Crippen molar-refractivity contribution in [1.82, 2.24) is 15.5 Å². The molecule has 0 amide bonds. The second kappa shape index (κ2) is 11.8. The van der Waals surface area contributed by atoms with Gasteiger partial charge in [-0.15, -0.1) is 0 Å². The van der Waals surface area contributed by atoms with Crippen molar-refractivity contribution in [2.45, 2.75) is 32.5 Å². The van der Waals surface area contributed by atoms with Crippen LogP contribution >= 0.6 is 0 Å².